The second kappa shape index (κ2) is 14.2. The lowest BCUT2D eigenvalue weighted by atomic mass is 9.85. The molecule has 0 unspecified atom stereocenters. The first-order valence-corrected chi connectivity index (χ1v) is 15.4. The van der Waals surface area contributed by atoms with Gasteiger partial charge < -0.3 is 9.47 Å². The first-order valence-electron chi connectivity index (χ1n) is 15.4. The lowest BCUT2D eigenvalue weighted by Gasteiger charge is -2.39. The number of hydrogen-bond acceptors (Lipinski definition) is 5. The lowest BCUT2D eigenvalue weighted by molar-refractivity contribution is -0.384. The Balaban J connectivity index is 1.34. The molecule has 4 rings (SSSR count). The highest BCUT2D eigenvalue weighted by Gasteiger charge is 2.35. The maximum atomic E-state index is 11.2. The van der Waals surface area contributed by atoms with E-state index in [1.54, 1.807) is 12.1 Å². The summed E-state index contributed by atoms with van der Waals surface area (Å²) in [5.74, 6) is 1.95. The van der Waals surface area contributed by atoms with Gasteiger partial charge in [-0.3, -0.25) is 15.0 Å². The smallest absolute Gasteiger partial charge is 0.269 e. The minimum atomic E-state index is -0.344. The highest BCUT2D eigenvalue weighted by molar-refractivity contribution is 5.55. The Morgan fingerprint density at radius 2 is 1.74 bits per heavy atom. The van der Waals surface area contributed by atoms with Gasteiger partial charge in [-0.05, 0) is 110 Å². The minimum Gasteiger partial charge on any atom is -0.487 e. The fraction of sp³-hybridized carbons (Fsp3) is 0.500. The molecule has 6 nitrogen and oxygen atoms in total. The minimum absolute atomic E-state index is 0.120. The quantitative estimate of drug-likeness (QED) is 0.144. The first kappa shape index (κ1) is 31.6. The van der Waals surface area contributed by atoms with Crippen LogP contribution in [0.4, 0.5) is 5.69 Å². The molecule has 1 atom stereocenters. The number of nitro benzene ring substituents is 1. The molecule has 0 N–H and O–H groups in total. The second-order valence-corrected chi connectivity index (χ2v) is 12.7. The first-order chi connectivity index (χ1) is 20.0. The molecule has 6 heteroatoms. The van der Waals surface area contributed by atoms with Crippen LogP contribution in [0, 0.1) is 17.0 Å². The largest absolute Gasteiger partial charge is 0.487 e. The maximum absolute atomic E-state index is 11.2. The van der Waals surface area contributed by atoms with Gasteiger partial charge in [0.05, 0.1) is 4.92 Å². The van der Waals surface area contributed by atoms with Gasteiger partial charge in [-0.1, -0.05) is 47.1 Å². The third-order valence-corrected chi connectivity index (χ3v) is 8.49. The average molecular weight is 573 g/mol. The summed E-state index contributed by atoms with van der Waals surface area (Å²) in [6.07, 6.45) is 15.6. The van der Waals surface area contributed by atoms with Crippen molar-refractivity contribution in [2.45, 2.75) is 112 Å². The zero-order valence-corrected chi connectivity index (χ0v) is 26.4. The van der Waals surface area contributed by atoms with Crippen LogP contribution in [0.2, 0.25) is 0 Å². The van der Waals surface area contributed by atoms with Crippen molar-refractivity contribution in [2.75, 3.05) is 6.73 Å². The molecule has 2 heterocycles. The Labute approximate surface area is 252 Å². The summed E-state index contributed by atoms with van der Waals surface area (Å²) in [5.41, 5.74) is 8.74. The van der Waals surface area contributed by atoms with Crippen molar-refractivity contribution >= 4 is 5.69 Å². The van der Waals surface area contributed by atoms with Gasteiger partial charge in [0.2, 0.25) is 0 Å². The third kappa shape index (κ3) is 8.57. The van der Waals surface area contributed by atoms with Crippen LogP contribution in [0.3, 0.4) is 0 Å². The molecular formula is C36H48N2O4. The lowest BCUT2D eigenvalue weighted by Crippen LogP contribution is -2.38. The molecule has 0 fully saturated rings. The summed E-state index contributed by atoms with van der Waals surface area (Å²) in [6, 6.07) is 8.97. The van der Waals surface area contributed by atoms with Gasteiger partial charge in [0.1, 0.15) is 23.8 Å². The molecule has 42 heavy (non-hydrogen) atoms. The SMILES string of the molecule is CC(C)=CCC/C(C)=C/CC/C(C)=C/CC[C@]1(C)CCc2c3c(cc(C)c2O1)OCN(Cc1cccc([N+](=O)[O-])c1)C3. The summed E-state index contributed by atoms with van der Waals surface area (Å²) < 4.78 is 12.9. The molecule has 0 saturated heterocycles. The zero-order chi connectivity index (χ0) is 30.3. The van der Waals surface area contributed by atoms with E-state index in [1.807, 2.05) is 6.07 Å². The number of nitrogens with zero attached hydrogens (tertiary/aromatic N) is 2. The summed E-state index contributed by atoms with van der Waals surface area (Å²) in [4.78, 5) is 13.1. The summed E-state index contributed by atoms with van der Waals surface area (Å²) in [7, 11) is 0. The highest BCUT2D eigenvalue weighted by Crippen LogP contribution is 2.44. The van der Waals surface area contributed by atoms with Gasteiger partial charge in [-0.2, -0.15) is 0 Å². The molecule has 0 aliphatic carbocycles. The van der Waals surface area contributed by atoms with Crippen molar-refractivity contribution in [3.05, 3.63) is 97.6 Å². The number of allylic oxidation sites excluding steroid dienone is 6. The number of rotatable bonds is 12. The van der Waals surface area contributed by atoms with Crippen molar-refractivity contribution in [1.82, 2.24) is 4.90 Å². The van der Waals surface area contributed by atoms with Crippen LogP contribution in [-0.2, 0) is 19.5 Å². The fourth-order valence-electron chi connectivity index (χ4n) is 5.97. The summed E-state index contributed by atoms with van der Waals surface area (Å²) in [5, 5.41) is 11.2. The van der Waals surface area contributed by atoms with Gasteiger partial charge in [0.15, 0.2) is 0 Å². The molecule has 0 aromatic heterocycles. The topological polar surface area (TPSA) is 64.8 Å². The molecule has 226 valence electrons. The zero-order valence-electron chi connectivity index (χ0n) is 26.4. The summed E-state index contributed by atoms with van der Waals surface area (Å²) in [6.45, 7) is 15.0. The van der Waals surface area contributed by atoms with Crippen LogP contribution in [0.5, 0.6) is 11.5 Å². The number of fused-ring (bicyclic) bond motifs is 3. The van der Waals surface area contributed by atoms with E-state index in [0.29, 0.717) is 13.3 Å². The Kier molecular flexibility index (Phi) is 10.7. The predicted molar refractivity (Wildman–Crippen MR) is 171 cm³/mol. The van der Waals surface area contributed by atoms with Gasteiger partial charge in [-0.15, -0.1) is 0 Å². The van der Waals surface area contributed by atoms with Crippen molar-refractivity contribution in [1.29, 1.82) is 0 Å². The molecule has 2 aliphatic heterocycles. The van der Waals surface area contributed by atoms with E-state index >= 15 is 0 Å². The Morgan fingerprint density at radius 1 is 1.02 bits per heavy atom. The molecule has 2 aliphatic rings. The number of non-ortho nitro benzene ring substituents is 1. The van der Waals surface area contributed by atoms with Gasteiger partial charge in [0, 0.05) is 36.3 Å². The highest BCUT2D eigenvalue weighted by atomic mass is 16.6. The number of aryl methyl sites for hydroxylation is 1. The van der Waals surface area contributed by atoms with Crippen molar-refractivity contribution < 1.29 is 14.4 Å². The molecular weight excluding hydrogens is 524 g/mol. The van der Waals surface area contributed by atoms with Crippen molar-refractivity contribution in [3.8, 4) is 11.5 Å². The molecule has 0 saturated carbocycles. The van der Waals surface area contributed by atoms with Gasteiger partial charge >= 0.3 is 0 Å². The monoisotopic (exact) mass is 572 g/mol. The van der Waals surface area contributed by atoms with Gasteiger partial charge in [-0.25, -0.2) is 0 Å². The van der Waals surface area contributed by atoms with Crippen molar-refractivity contribution in [3.63, 3.8) is 0 Å². The van der Waals surface area contributed by atoms with Crippen LogP contribution < -0.4 is 9.47 Å². The van der Waals surface area contributed by atoms with E-state index in [-0.39, 0.29) is 16.2 Å². The predicted octanol–water partition coefficient (Wildman–Crippen LogP) is 9.54. The van der Waals surface area contributed by atoms with Crippen molar-refractivity contribution in [2.24, 2.45) is 0 Å². The van der Waals surface area contributed by atoms with Crippen LogP contribution in [0.25, 0.3) is 0 Å². The number of benzene rings is 2. The number of nitro groups is 1. The standard InChI is InChI=1S/C36H48N2O4/c1-26(2)11-7-12-27(3)13-8-14-28(4)15-10-19-36(6)20-18-32-33-24-37(23-30-16-9-17-31(22-30)38(39)40)25-41-34(33)21-29(5)35(32)42-36/h9,11,13,15-17,21-22H,7-8,10,12,14,18-20,23-25H2,1-6H3/b27-13+,28-15+/t36-/m1/s1. The number of ether oxygens (including phenoxy) is 2. The molecule has 2 aromatic carbocycles. The Hall–Kier alpha value is -3.38. The van der Waals surface area contributed by atoms with Crippen LogP contribution in [-0.4, -0.2) is 22.2 Å². The van der Waals surface area contributed by atoms with E-state index < -0.39 is 0 Å². The molecule has 0 bridgehead atoms. The molecule has 2 aromatic rings. The Morgan fingerprint density at radius 3 is 2.45 bits per heavy atom. The Bertz CT molecular complexity index is 1370. The molecule has 0 amide bonds. The molecule has 0 spiro atoms. The van der Waals surface area contributed by atoms with E-state index in [1.165, 1.54) is 33.9 Å². The third-order valence-electron chi connectivity index (χ3n) is 8.49. The van der Waals surface area contributed by atoms with Crippen LogP contribution >= 0.6 is 0 Å². The van der Waals surface area contributed by atoms with E-state index in [4.69, 9.17) is 9.47 Å². The normalized spacial score (nSPS) is 18.9. The number of hydrogen-bond donors (Lipinski definition) is 0. The average Bonchev–Trinajstić information content (AvgIpc) is 2.93. The summed E-state index contributed by atoms with van der Waals surface area (Å²) >= 11 is 0. The van der Waals surface area contributed by atoms with Gasteiger partial charge in [0.25, 0.3) is 5.69 Å². The van der Waals surface area contributed by atoms with E-state index in [9.17, 15) is 10.1 Å². The van der Waals surface area contributed by atoms with E-state index in [2.05, 4.69) is 70.7 Å². The van der Waals surface area contributed by atoms with Crippen LogP contribution in [0.15, 0.2) is 65.3 Å². The molecule has 0 radical (unpaired) electrons. The maximum Gasteiger partial charge on any atom is 0.269 e. The second-order valence-electron chi connectivity index (χ2n) is 12.7. The van der Waals surface area contributed by atoms with E-state index in [0.717, 1.165) is 80.5 Å². The fourth-order valence-corrected chi connectivity index (χ4v) is 5.97. The van der Waals surface area contributed by atoms with Crippen LogP contribution in [0.1, 0.15) is 102 Å².